The van der Waals surface area contributed by atoms with Gasteiger partial charge in [-0.3, -0.25) is 0 Å². The third-order valence-corrected chi connectivity index (χ3v) is 4.19. The Morgan fingerprint density at radius 1 is 1.18 bits per heavy atom. The molecule has 17 heavy (non-hydrogen) atoms. The lowest BCUT2D eigenvalue weighted by Gasteiger charge is -2.37. The third-order valence-electron chi connectivity index (χ3n) is 4.19. The Morgan fingerprint density at radius 2 is 1.94 bits per heavy atom. The Labute approximate surface area is 105 Å². The summed E-state index contributed by atoms with van der Waals surface area (Å²) in [4.78, 5) is 2.65. The molecule has 4 heteroatoms. The van der Waals surface area contributed by atoms with E-state index in [1.54, 1.807) is 14.2 Å². The molecule has 0 saturated carbocycles. The number of hydrogen-bond acceptors (Lipinski definition) is 4. The Balaban J connectivity index is 1.79. The van der Waals surface area contributed by atoms with E-state index >= 15 is 0 Å². The number of piperidine rings is 1. The van der Waals surface area contributed by atoms with Gasteiger partial charge in [-0.2, -0.15) is 0 Å². The molecule has 100 valence electrons. The summed E-state index contributed by atoms with van der Waals surface area (Å²) < 4.78 is 10.6. The fourth-order valence-electron chi connectivity index (χ4n) is 3.33. The highest BCUT2D eigenvalue weighted by molar-refractivity contribution is 4.90. The van der Waals surface area contributed by atoms with Crippen molar-refractivity contribution in [1.29, 1.82) is 0 Å². The number of fused-ring (bicyclic) bond motifs is 1. The molecule has 3 atom stereocenters. The van der Waals surface area contributed by atoms with Crippen LogP contribution in [0.1, 0.15) is 32.6 Å². The van der Waals surface area contributed by atoms with E-state index in [-0.39, 0.29) is 12.3 Å². The van der Waals surface area contributed by atoms with Crippen molar-refractivity contribution in [3.63, 3.8) is 0 Å². The number of nitrogens with zero attached hydrogens (tertiary/aromatic N) is 1. The molecule has 0 aromatic heterocycles. The van der Waals surface area contributed by atoms with Gasteiger partial charge in [-0.1, -0.05) is 0 Å². The standard InChI is InChI=1S/C13H26N2O2/c1-10(13(16-2)17-3)14-11-6-8-15-7-4-5-12(15)9-11/h10-14H,4-9H2,1-3H3. The molecule has 4 nitrogen and oxygen atoms in total. The first kappa shape index (κ1) is 13.3. The summed E-state index contributed by atoms with van der Waals surface area (Å²) in [5, 5.41) is 3.66. The predicted octanol–water partition coefficient (Wildman–Crippen LogP) is 1.21. The molecule has 0 radical (unpaired) electrons. The van der Waals surface area contributed by atoms with E-state index in [0.717, 1.165) is 6.04 Å². The van der Waals surface area contributed by atoms with Crippen LogP contribution in [-0.4, -0.2) is 56.6 Å². The molecule has 2 aliphatic rings. The summed E-state index contributed by atoms with van der Waals surface area (Å²) in [6, 6.07) is 1.69. The average Bonchev–Trinajstić information content (AvgIpc) is 2.77. The number of methoxy groups -OCH3 is 2. The van der Waals surface area contributed by atoms with Crippen molar-refractivity contribution in [3.8, 4) is 0 Å². The van der Waals surface area contributed by atoms with E-state index in [0.29, 0.717) is 6.04 Å². The van der Waals surface area contributed by atoms with Gasteiger partial charge in [0.25, 0.3) is 0 Å². The molecule has 0 aromatic carbocycles. The van der Waals surface area contributed by atoms with E-state index in [4.69, 9.17) is 9.47 Å². The first-order valence-electron chi connectivity index (χ1n) is 6.80. The minimum Gasteiger partial charge on any atom is -0.354 e. The summed E-state index contributed by atoms with van der Waals surface area (Å²) in [7, 11) is 3.40. The molecule has 2 heterocycles. The van der Waals surface area contributed by atoms with Gasteiger partial charge in [-0.15, -0.1) is 0 Å². The monoisotopic (exact) mass is 242 g/mol. The quantitative estimate of drug-likeness (QED) is 0.735. The highest BCUT2D eigenvalue weighted by Crippen LogP contribution is 2.27. The van der Waals surface area contributed by atoms with E-state index in [9.17, 15) is 0 Å². The average molecular weight is 242 g/mol. The van der Waals surface area contributed by atoms with Crippen LogP contribution < -0.4 is 5.32 Å². The zero-order chi connectivity index (χ0) is 12.3. The molecule has 0 bridgehead atoms. The lowest BCUT2D eigenvalue weighted by molar-refractivity contribution is -0.121. The predicted molar refractivity (Wildman–Crippen MR) is 68.0 cm³/mol. The van der Waals surface area contributed by atoms with Crippen LogP contribution in [0.4, 0.5) is 0 Å². The number of nitrogens with one attached hydrogen (secondary N) is 1. The Morgan fingerprint density at radius 3 is 2.65 bits per heavy atom. The third kappa shape index (κ3) is 3.19. The van der Waals surface area contributed by atoms with Crippen molar-refractivity contribution in [2.75, 3.05) is 27.3 Å². The van der Waals surface area contributed by atoms with Crippen molar-refractivity contribution in [3.05, 3.63) is 0 Å². The van der Waals surface area contributed by atoms with E-state index in [1.807, 2.05) is 0 Å². The van der Waals surface area contributed by atoms with Gasteiger partial charge in [0.1, 0.15) is 0 Å². The highest BCUT2D eigenvalue weighted by Gasteiger charge is 2.32. The topological polar surface area (TPSA) is 33.7 Å². The van der Waals surface area contributed by atoms with Crippen LogP contribution in [0.5, 0.6) is 0 Å². The molecule has 2 rings (SSSR count). The largest absolute Gasteiger partial charge is 0.354 e. The highest BCUT2D eigenvalue weighted by atomic mass is 16.7. The van der Waals surface area contributed by atoms with Crippen LogP contribution in [0, 0.1) is 0 Å². The minimum atomic E-state index is -0.142. The summed E-state index contributed by atoms with van der Waals surface area (Å²) in [5.74, 6) is 0. The maximum Gasteiger partial charge on any atom is 0.171 e. The SMILES string of the molecule is COC(OC)C(C)NC1CCN2CCCC2C1. The number of hydrogen-bond donors (Lipinski definition) is 1. The Bertz CT molecular complexity index is 233. The van der Waals surface area contributed by atoms with Gasteiger partial charge in [0.2, 0.25) is 0 Å². The van der Waals surface area contributed by atoms with Gasteiger partial charge >= 0.3 is 0 Å². The summed E-state index contributed by atoms with van der Waals surface area (Å²) >= 11 is 0. The Kier molecular flexibility index (Phi) is 4.79. The minimum absolute atomic E-state index is 0.142. The fraction of sp³-hybridized carbons (Fsp3) is 1.00. The van der Waals surface area contributed by atoms with Crippen LogP contribution in [-0.2, 0) is 9.47 Å². The second-order valence-corrected chi connectivity index (χ2v) is 5.35. The molecule has 2 saturated heterocycles. The maximum absolute atomic E-state index is 5.29. The fourth-order valence-corrected chi connectivity index (χ4v) is 3.33. The van der Waals surface area contributed by atoms with Gasteiger partial charge in [0, 0.05) is 26.3 Å². The Hall–Kier alpha value is -0.160. The normalized spacial score (nSPS) is 31.8. The molecule has 3 unspecified atom stereocenters. The molecule has 0 amide bonds. The summed E-state index contributed by atoms with van der Waals surface area (Å²) in [5.41, 5.74) is 0. The van der Waals surface area contributed by atoms with Crippen LogP contribution in [0.3, 0.4) is 0 Å². The molecule has 2 fully saturated rings. The van der Waals surface area contributed by atoms with Crippen molar-refractivity contribution in [1.82, 2.24) is 10.2 Å². The van der Waals surface area contributed by atoms with Crippen LogP contribution >= 0.6 is 0 Å². The van der Waals surface area contributed by atoms with Gasteiger partial charge < -0.3 is 19.7 Å². The van der Waals surface area contributed by atoms with Gasteiger partial charge in [0.05, 0.1) is 6.04 Å². The van der Waals surface area contributed by atoms with E-state index in [2.05, 4.69) is 17.1 Å². The lowest BCUT2D eigenvalue weighted by atomic mass is 9.97. The molecule has 2 aliphatic heterocycles. The van der Waals surface area contributed by atoms with Crippen molar-refractivity contribution < 1.29 is 9.47 Å². The van der Waals surface area contributed by atoms with Gasteiger partial charge in [0.15, 0.2) is 6.29 Å². The first-order chi connectivity index (χ1) is 8.24. The second-order valence-electron chi connectivity index (χ2n) is 5.35. The van der Waals surface area contributed by atoms with Crippen molar-refractivity contribution in [2.45, 2.75) is 57.0 Å². The van der Waals surface area contributed by atoms with E-state index in [1.165, 1.54) is 38.8 Å². The van der Waals surface area contributed by atoms with E-state index < -0.39 is 0 Å². The van der Waals surface area contributed by atoms with Crippen molar-refractivity contribution >= 4 is 0 Å². The molecular weight excluding hydrogens is 216 g/mol. The zero-order valence-corrected chi connectivity index (χ0v) is 11.3. The molecular formula is C13H26N2O2. The first-order valence-corrected chi connectivity index (χ1v) is 6.80. The van der Waals surface area contributed by atoms with Crippen molar-refractivity contribution in [2.24, 2.45) is 0 Å². The summed E-state index contributed by atoms with van der Waals surface area (Å²) in [6.07, 6.45) is 5.15. The number of ether oxygens (including phenoxy) is 2. The van der Waals surface area contributed by atoms with Crippen LogP contribution in [0.25, 0.3) is 0 Å². The zero-order valence-electron chi connectivity index (χ0n) is 11.3. The summed E-state index contributed by atoms with van der Waals surface area (Å²) in [6.45, 7) is 4.70. The van der Waals surface area contributed by atoms with Crippen LogP contribution in [0.2, 0.25) is 0 Å². The molecule has 0 spiro atoms. The molecule has 0 aromatic rings. The smallest absolute Gasteiger partial charge is 0.171 e. The maximum atomic E-state index is 5.29. The molecule has 0 aliphatic carbocycles. The number of rotatable bonds is 5. The molecule has 1 N–H and O–H groups in total. The second kappa shape index (κ2) is 6.14. The van der Waals surface area contributed by atoms with Gasteiger partial charge in [-0.25, -0.2) is 0 Å². The van der Waals surface area contributed by atoms with Gasteiger partial charge in [-0.05, 0) is 45.7 Å². The van der Waals surface area contributed by atoms with Crippen LogP contribution in [0.15, 0.2) is 0 Å². The lowest BCUT2D eigenvalue weighted by Crippen LogP contribution is -2.51.